The van der Waals surface area contributed by atoms with Crippen molar-refractivity contribution >= 4 is 11.6 Å². The van der Waals surface area contributed by atoms with Gasteiger partial charge in [0.15, 0.2) is 0 Å². The number of para-hydroxylation sites is 1. The van der Waals surface area contributed by atoms with Crippen molar-refractivity contribution in [2.24, 2.45) is 5.92 Å². The third-order valence-corrected chi connectivity index (χ3v) is 5.99. The van der Waals surface area contributed by atoms with Gasteiger partial charge in [0.1, 0.15) is 0 Å². The van der Waals surface area contributed by atoms with Gasteiger partial charge in [-0.25, -0.2) is 0 Å². The van der Waals surface area contributed by atoms with E-state index in [1.807, 2.05) is 0 Å². The molecule has 4 rings (SSSR count). The Morgan fingerprint density at radius 3 is 2.46 bits per heavy atom. The van der Waals surface area contributed by atoms with Crippen molar-refractivity contribution in [1.29, 1.82) is 0 Å². The number of rotatable bonds is 4. The highest BCUT2D eigenvalue weighted by Gasteiger charge is 2.30. The molecule has 2 aliphatic heterocycles. The van der Waals surface area contributed by atoms with Crippen molar-refractivity contribution in [2.75, 3.05) is 24.5 Å². The quantitative estimate of drug-likeness (QED) is 0.836. The van der Waals surface area contributed by atoms with Gasteiger partial charge in [-0.3, -0.25) is 4.79 Å². The highest BCUT2D eigenvalue weighted by Crippen LogP contribution is 2.31. The minimum atomic E-state index is 0.284. The predicted molar refractivity (Wildman–Crippen MR) is 106 cm³/mol. The first-order valence-corrected chi connectivity index (χ1v) is 9.87. The lowest BCUT2D eigenvalue weighted by molar-refractivity contribution is -0.131. The first-order chi connectivity index (χ1) is 12.7. The lowest BCUT2D eigenvalue weighted by Gasteiger charge is -2.34. The van der Waals surface area contributed by atoms with Crippen LogP contribution in [0.3, 0.4) is 0 Å². The number of piperidine rings is 1. The normalized spacial score (nSPS) is 20.3. The number of anilines is 1. The number of amides is 1. The van der Waals surface area contributed by atoms with Crippen LogP contribution >= 0.6 is 0 Å². The fourth-order valence-electron chi connectivity index (χ4n) is 4.45. The summed E-state index contributed by atoms with van der Waals surface area (Å²) in [6, 6.07) is 19.6. The summed E-state index contributed by atoms with van der Waals surface area (Å²) in [5, 5.41) is 0. The lowest BCUT2D eigenvalue weighted by atomic mass is 9.90. The second-order valence-electron chi connectivity index (χ2n) is 7.82. The molecule has 3 heteroatoms. The van der Waals surface area contributed by atoms with Gasteiger partial charge in [0, 0.05) is 24.8 Å². The summed E-state index contributed by atoms with van der Waals surface area (Å²) >= 11 is 0. The molecule has 0 aliphatic carbocycles. The van der Waals surface area contributed by atoms with Gasteiger partial charge in [-0.05, 0) is 55.7 Å². The van der Waals surface area contributed by atoms with Crippen LogP contribution in [0.4, 0.5) is 5.69 Å². The van der Waals surface area contributed by atoms with Crippen molar-refractivity contribution in [2.45, 2.75) is 38.6 Å². The van der Waals surface area contributed by atoms with Crippen LogP contribution in [0.2, 0.25) is 0 Å². The smallest absolute Gasteiger partial charge is 0.242 e. The third kappa shape index (κ3) is 3.62. The highest BCUT2D eigenvalue weighted by atomic mass is 16.2. The van der Waals surface area contributed by atoms with Crippen molar-refractivity contribution in [3.63, 3.8) is 0 Å². The second kappa shape index (κ2) is 7.53. The molecule has 2 heterocycles. The molecule has 0 aromatic heterocycles. The monoisotopic (exact) mass is 348 g/mol. The lowest BCUT2D eigenvalue weighted by Crippen LogP contribution is -2.45. The van der Waals surface area contributed by atoms with E-state index >= 15 is 0 Å². The average molecular weight is 348 g/mol. The standard InChI is InChI=1S/C23H28N2O/c1-18-15-21-9-5-6-10-22(21)25(18)17-23(26)24-13-11-20(12-14-24)16-19-7-3-2-4-8-19/h2-10,18,20H,11-17H2,1H3. The van der Waals surface area contributed by atoms with Gasteiger partial charge in [-0.2, -0.15) is 0 Å². The molecule has 0 radical (unpaired) electrons. The van der Waals surface area contributed by atoms with E-state index in [1.54, 1.807) is 0 Å². The Hall–Kier alpha value is -2.29. The summed E-state index contributed by atoms with van der Waals surface area (Å²) in [7, 11) is 0. The zero-order valence-corrected chi connectivity index (χ0v) is 15.6. The van der Waals surface area contributed by atoms with Gasteiger partial charge in [-0.1, -0.05) is 48.5 Å². The first kappa shape index (κ1) is 17.1. The largest absolute Gasteiger partial charge is 0.359 e. The molecular formula is C23H28N2O. The summed E-state index contributed by atoms with van der Waals surface area (Å²) < 4.78 is 0. The van der Waals surface area contributed by atoms with Crippen LogP contribution in [-0.4, -0.2) is 36.5 Å². The van der Waals surface area contributed by atoms with Gasteiger partial charge in [-0.15, -0.1) is 0 Å². The third-order valence-electron chi connectivity index (χ3n) is 5.99. The summed E-state index contributed by atoms with van der Waals surface area (Å²) in [4.78, 5) is 17.2. The van der Waals surface area contributed by atoms with Crippen LogP contribution < -0.4 is 4.90 Å². The van der Waals surface area contributed by atoms with Crippen LogP contribution in [0.15, 0.2) is 54.6 Å². The zero-order valence-electron chi connectivity index (χ0n) is 15.6. The fraction of sp³-hybridized carbons (Fsp3) is 0.435. The number of benzene rings is 2. The van der Waals surface area contributed by atoms with Gasteiger partial charge in [0.05, 0.1) is 6.54 Å². The molecule has 0 bridgehead atoms. The second-order valence-corrected chi connectivity index (χ2v) is 7.82. The summed E-state index contributed by atoms with van der Waals surface area (Å²) in [5.74, 6) is 0.986. The van der Waals surface area contributed by atoms with Gasteiger partial charge in [0.2, 0.25) is 5.91 Å². The maximum atomic E-state index is 12.9. The maximum Gasteiger partial charge on any atom is 0.242 e. The Morgan fingerprint density at radius 2 is 1.69 bits per heavy atom. The molecule has 3 nitrogen and oxygen atoms in total. The summed E-state index contributed by atoms with van der Waals surface area (Å²) in [6.07, 6.45) is 4.42. The number of carbonyl (C=O) groups excluding carboxylic acids is 1. The number of likely N-dealkylation sites (tertiary alicyclic amines) is 1. The summed E-state index contributed by atoms with van der Waals surface area (Å²) in [5.41, 5.74) is 4.03. The van der Waals surface area contributed by atoms with E-state index in [0.717, 1.165) is 38.8 Å². The highest BCUT2D eigenvalue weighted by molar-refractivity contribution is 5.82. The predicted octanol–water partition coefficient (Wildman–Crippen LogP) is 3.92. The molecule has 2 aliphatic rings. The molecule has 2 aromatic rings. The van der Waals surface area contributed by atoms with E-state index in [-0.39, 0.29) is 5.91 Å². The van der Waals surface area contributed by atoms with Crippen LogP contribution in [0, 0.1) is 5.92 Å². The molecule has 0 saturated carbocycles. The van der Waals surface area contributed by atoms with Gasteiger partial charge in [0.25, 0.3) is 0 Å². The Balaban J connectivity index is 1.31. The summed E-state index contributed by atoms with van der Waals surface area (Å²) in [6.45, 7) is 4.54. The topological polar surface area (TPSA) is 23.6 Å². The van der Waals surface area contributed by atoms with E-state index in [1.165, 1.54) is 16.8 Å². The Morgan fingerprint density at radius 1 is 1.00 bits per heavy atom. The SMILES string of the molecule is CC1Cc2ccccc2N1CC(=O)N1CCC(Cc2ccccc2)CC1. The molecule has 0 N–H and O–H groups in total. The molecule has 2 aromatic carbocycles. The van der Waals surface area contributed by atoms with Gasteiger partial charge < -0.3 is 9.80 Å². The first-order valence-electron chi connectivity index (χ1n) is 9.87. The molecule has 1 amide bonds. The van der Waals surface area contributed by atoms with Crippen molar-refractivity contribution in [3.05, 3.63) is 65.7 Å². The molecule has 1 saturated heterocycles. The maximum absolute atomic E-state index is 12.9. The molecule has 1 atom stereocenters. The van der Waals surface area contributed by atoms with E-state index in [4.69, 9.17) is 0 Å². The van der Waals surface area contributed by atoms with Crippen LogP contribution in [0.5, 0.6) is 0 Å². The van der Waals surface area contributed by atoms with Crippen molar-refractivity contribution in [1.82, 2.24) is 4.90 Å². The fourth-order valence-corrected chi connectivity index (χ4v) is 4.45. The number of nitrogens with zero attached hydrogens (tertiary/aromatic N) is 2. The number of fused-ring (bicyclic) bond motifs is 1. The van der Waals surface area contributed by atoms with E-state index in [2.05, 4.69) is 71.3 Å². The molecule has 26 heavy (non-hydrogen) atoms. The minimum absolute atomic E-state index is 0.284. The van der Waals surface area contributed by atoms with E-state index in [9.17, 15) is 4.79 Å². The van der Waals surface area contributed by atoms with E-state index < -0.39 is 0 Å². The molecule has 0 spiro atoms. The average Bonchev–Trinajstić information content (AvgIpc) is 2.98. The Labute approximate surface area is 156 Å². The Kier molecular flexibility index (Phi) is 4.96. The number of hydrogen-bond donors (Lipinski definition) is 0. The van der Waals surface area contributed by atoms with Crippen LogP contribution in [-0.2, 0) is 17.6 Å². The molecule has 1 fully saturated rings. The zero-order chi connectivity index (χ0) is 17.9. The minimum Gasteiger partial charge on any atom is -0.359 e. The van der Waals surface area contributed by atoms with Gasteiger partial charge >= 0.3 is 0 Å². The molecule has 136 valence electrons. The number of carbonyl (C=O) groups is 1. The molecule has 1 unspecified atom stereocenters. The Bertz CT molecular complexity index is 750. The van der Waals surface area contributed by atoms with Crippen molar-refractivity contribution in [3.8, 4) is 0 Å². The molecular weight excluding hydrogens is 320 g/mol. The number of hydrogen-bond acceptors (Lipinski definition) is 2. The van der Waals surface area contributed by atoms with Crippen molar-refractivity contribution < 1.29 is 4.79 Å². The van der Waals surface area contributed by atoms with E-state index in [0.29, 0.717) is 18.5 Å². The van der Waals surface area contributed by atoms with Crippen LogP contribution in [0.1, 0.15) is 30.9 Å². The van der Waals surface area contributed by atoms with Crippen LogP contribution in [0.25, 0.3) is 0 Å².